The van der Waals surface area contributed by atoms with Crippen LogP contribution in [0.2, 0.25) is 0 Å². The van der Waals surface area contributed by atoms with Gasteiger partial charge in [-0.15, -0.1) is 11.6 Å². The van der Waals surface area contributed by atoms with E-state index in [9.17, 15) is 8.78 Å². The summed E-state index contributed by atoms with van der Waals surface area (Å²) in [6.45, 7) is 0. The molecule has 0 saturated heterocycles. The first-order valence-electron chi connectivity index (χ1n) is 3.13. The lowest BCUT2D eigenvalue weighted by Crippen LogP contribution is -1.93. The lowest BCUT2D eigenvalue weighted by Gasteiger charge is -1.99. The maximum Gasteiger partial charge on any atom is 0.131 e. The minimum Gasteiger partial charge on any atom is -0.206 e. The Kier molecular flexibility index (Phi) is 2.61. The van der Waals surface area contributed by atoms with Crippen molar-refractivity contribution in [2.45, 2.75) is 5.88 Å². The van der Waals surface area contributed by atoms with Crippen LogP contribution < -0.4 is 0 Å². The van der Waals surface area contributed by atoms with Crippen LogP contribution in [0.3, 0.4) is 0 Å². The fourth-order valence-electron chi connectivity index (χ4n) is 0.795. The monoisotopic (exact) mass is 187 g/mol. The zero-order chi connectivity index (χ0) is 9.14. The second kappa shape index (κ2) is 3.51. The van der Waals surface area contributed by atoms with Crippen molar-refractivity contribution in [2.24, 2.45) is 0 Å². The Morgan fingerprint density at radius 1 is 1.33 bits per heavy atom. The number of nitrogens with zero attached hydrogens (tertiary/aromatic N) is 1. The van der Waals surface area contributed by atoms with Crippen LogP contribution in [0, 0.1) is 23.0 Å². The molecule has 0 unspecified atom stereocenters. The van der Waals surface area contributed by atoms with Crippen LogP contribution in [0.4, 0.5) is 8.78 Å². The van der Waals surface area contributed by atoms with Crippen LogP contribution in [0.25, 0.3) is 0 Å². The van der Waals surface area contributed by atoms with Crippen LogP contribution in [0.5, 0.6) is 0 Å². The minimum absolute atomic E-state index is 0.0427. The highest BCUT2D eigenvalue weighted by Gasteiger charge is 2.09. The van der Waals surface area contributed by atoms with E-state index in [4.69, 9.17) is 16.9 Å². The van der Waals surface area contributed by atoms with Crippen molar-refractivity contribution >= 4 is 11.6 Å². The summed E-state index contributed by atoms with van der Waals surface area (Å²) in [7, 11) is 0. The first kappa shape index (κ1) is 8.95. The SMILES string of the molecule is N#Cc1cc(F)c(CCl)c(F)c1. The van der Waals surface area contributed by atoms with E-state index in [0.717, 1.165) is 12.1 Å². The molecule has 0 aliphatic rings. The van der Waals surface area contributed by atoms with Gasteiger partial charge in [-0.3, -0.25) is 0 Å². The van der Waals surface area contributed by atoms with E-state index in [1.165, 1.54) is 0 Å². The van der Waals surface area contributed by atoms with E-state index in [2.05, 4.69) is 0 Å². The lowest BCUT2D eigenvalue weighted by molar-refractivity contribution is 0.565. The molecule has 1 aromatic carbocycles. The number of hydrogen-bond donors (Lipinski definition) is 0. The predicted octanol–water partition coefficient (Wildman–Crippen LogP) is 2.58. The molecule has 0 aliphatic carbocycles. The smallest absolute Gasteiger partial charge is 0.131 e. The number of alkyl halides is 1. The average Bonchev–Trinajstić information content (AvgIpc) is 2.03. The van der Waals surface area contributed by atoms with E-state index in [1.807, 2.05) is 0 Å². The van der Waals surface area contributed by atoms with Gasteiger partial charge in [0.25, 0.3) is 0 Å². The number of halogens is 3. The third kappa shape index (κ3) is 1.54. The maximum absolute atomic E-state index is 12.8. The molecule has 0 amide bonds. The van der Waals surface area contributed by atoms with Gasteiger partial charge in [0, 0.05) is 5.56 Å². The first-order chi connectivity index (χ1) is 5.69. The Morgan fingerprint density at radius 3 is 2.17 bits per heavy atom. The van der Waals surface area contributed by atoms with Gasteiger partial charge in [0.1, 0.15) is 11.6 Å². The molecule has 0 spiro atoms. The molecule has 1 nitrogen and oxygen atoms in total. The lowest BCUT2D eigenvalue weighted by atomic mass is 10.1. The summed E-state index contributed by atoms with van der Waals surface area (Å²) in [5.74, 6) is -1.79. The molecular formula is C8H4ClF2N. The van der Waals surface area contributed by atoms with E-state index in [-0.39, 0.29) is 17.0 Å². The molecule has 0 saturated carbocycles. The maximum atomic E-state index is 12.8. The van der Waals surface area contributed by atoms with Gasteiger partial charge in [-0.2, -0.15) is 5.26 Å². The Bertz CT molecular complexity index is 320. The molecule has 1 rings (SSSR count). The molecule has 1 aromatic rings. The molecule has 0 aliphatic heterocycles. The molecular weight excluding hydrogens is 184 g/mol. The van der Waals surface area contributed by atoms with Crippen molar-refractivity contribution in [1.82, 2.24) is 0 Å². The van der Waals surface area contributed by atoms with Gasteiger partial charge in [-0.25, -0.2) is 8.78 Å². The molecule has 0 fully saturated rings. The Labute approximate surface area is 73.2 Å². The first-order valence-corrected chi connectivity index (χ1v) is 3.66. The van der Waals surface area contributed by atoms with Gasteiger partial charge in [-0.1, -0.05) is 0 Å². The molecule has 0 radical (unpaired) electrons. The van der Waals surface area contributed by atoms with Crippen LogP contribution >= 0.6 is 11.6 Å². The summed E-state index contributed by atoms with van der Waals surface area (Å²) < 4.78 is 25.6. The molecule has 0 atom stereocenters. The Morgan fingerprint density at radius 2 is 1.83 bits per heavy atom. The molecule has 0 heterocycles. The summed E-state index contributed by atoms with van der Waals surface area (Å²) in [6, 6.07) is 3.56. The summed E-state index contributed by atoms with van der Waals surface area (Å²) in [6.07, 6.45) is 0. The molecule has 62 valence electrons. The third-order valence-electron chi connectivity index (χ3n) is 1.40. The number of hydrogen-bond acceptors (Lipinski definition) is 1. The second-order valence-corrected chi connectivity index (χ2v) is 2.43. The van der Waals surface area contributed by atoms with Gasteiger partial charge in [0.2, 0.25) is 0 Å². The van der Waals surface area contributed by atoms with Gasteiger partial charge in [-0.05, 0) is 12.1 Å². The fraction of sp³-hybridized carbons (Fsp3) is 0.125. The Balaban J connectivity index is 3.30. The summed E-state index contributed by atoms with van der Waals surface area (Å²) >= 11 is 5.27. The van der Waals surface area contributed by atoms with Crippen LogP contribution in [-0.4, -0.2) is 0 Å². The molecule has 0 N–H and O–H groups in total. The number of nitriles is 1. The number of rotatable bonds is 1. The van der Waals surface area contributed by atoms with Gasteiger partial charge in [0.15, 0.2) is 0 Å². The normalized spacial score (nSPS) is 9.50. The second-order valence-electron chi connectivity index (χ2n) is 2.16. The average molecular weight is 188 g/mol. The summed E-state index contributed by atoms with van der Waals surface area (Å²) in [5, 5.41) is 8.33. The van der Waals surface area contributed by atoms with Gasteiger partial charge in [0.05, 0.1) is 17.5 Å². The Hall–Kier alpha value is -1.14. The van der Waals surface area contributed by atoms with Crippen LogP contribution in [0.15, 0.2) is 12.1 Å². The fourth-order valence-corrected chi connectivity index (χ4v) is 1.05. The van der Waals surface area contributed by atoms with E-state index in [0.29, 0.717) is 0 Å². The zero-order valence-corrected chi connectivity index (χ0v) is 6.70. The topological polar surface area (TPSA) is 23.8 Å². The predicted molar refractivity (Wildman–Crippen MR) is 40.6 cm³/mol. The molecule has 0 bridgehead atoms. The summed E-state index contributed by atoms with van der Waals surface area (Å²) in [4.78, 5) is 0. The number of benzene rings is 1. The van der Waals surface area contributed by atoms with Crippen molar-refractivity contribution in [1.29, 1.82) is 5.26 Å². The van der Waals surface area contributed by atoms with Crippen LogP contribution in [0.1, 0.15) is 11.1 Å². The van der Waals surface area contributed by atoms with Gasteiger partial charge < -0.3 is 0 Å². The van der Waals surface area contributed by atoms with Crippen molar-refractivity contribution < 1.29 is 8.78 Å². The minimum atomic E-state index is -0.776. The third-order valence-corrected chi connectivity index (χ3v) is 1.67. The van der Waals surface area contributed by atoms with Crippen molar-refractivity contribution in [3.8, 4) is 6.07 Å². The van der Waals surface area contributed by atoms with Gasteiger partial charge >= 0.3 is 0 Å². The highest BCUT2D eigenvalue weighted by molar-refractivity contribution is 6.17. The highest BCUT2D eigenvalue weighted by Crippen LogP contribution is 2.16. The largest absolute Gasteiger partial charge is 0.206 e. The van der Waals surface area contributed by atoms with E-state index < -0.39 is 11.6 Å². The zero-order valence-electron chi connectivity index (χ0n) is 5.94. The molecule has 0 aromatic heterocycles. The summed E-state index contributed by atoms with van der Waals surface area (Å²) in [5.41, 5.74) is -0.241. The van der Waals surface area contributed by atoms with Crippen molar-refractivity contribution in [3.05, 3.63) is 34.9 Å². The quantitative estimate of drug-likeness (QED) is 0.620. The standard InChI is InChI=1S/C8H4ClF2N/c9-3-6-7(10)1-5(4-12)2-8(6)11/h1-2H,3H2. The molecule has 12 heavy (non-hydrogen) atoms. The van der Waals surface area contributed by atoms with Crippen molar-refractivity contribution in [3.63, 3.8) is 0 Å². The van der Waals surface area contributed by atoms with Crippen molar-refractivity contribution in [2.75, 3.05) is 0 Å². The van der Waals surface area contributed by atoms with E-state index >= 15 is 0 Å². The van der Waals surface area contributed by atoms with Crippen LogP contribution in [-0.2, 0) is 5.88 Å². The highest BCUT2D eigenvalue weighted by atomic mass is 35.5. The molecule has 4 heteroatoms. The van der Waals surface area contributed by atoms with E-state index in [1.54, 1.807) is 6.07 Å².